The zero-order valence-corrected chi connectivity index (χ0v) is 26.5. The molecule has 250 valence electrons. The molecular weight excluding hydrogens is 582 g/mol. The molecule has 0 amide bonds. The lowest BCUT2D eigenvalue weighted by molar-refractivity contribution is -0.176. The smallest absolute Gasteiger partial charge is 0.303 e. The van der Waals surface area contributed by atoms with Crippen LogP contribution < -0.4 is 0 Å². The number of esters is 4. The Bertz CT molecular complexity index is 1040. The molecule has 0 saturated carbocycles. The monoisotopic (exact) mass is 639 g/mol. The summed E-state index contributed by atoms with van der Waals surface area (Å²) in [5.41, 5.74) is -1.98. The first-order chi connectivity index (χ1) is 22.5. The average molecular weight is 640 g/mol. The summed E-state index contributed by atoms with van der Waals surface area (Å²) in [6, 6.07) is 0. The Balaban J connectivity index is 3.53. The molecule has 1 rings (SSSR count). The van der Waals surface area contributed by atoms with Gasteiger partial charge in [0.15, 0.2) is 18.3 Å². The van der Waals surface area contributed by atoms with Gasteiger partial charge in [0.2, 0.25) is 15.5 Å². The van der Waals surface area contributed by atoms with Crippen LogP contribution in [0.3, 0.4) is 0 Å². The van der Waals surface area contributed by atoms with Crippen LogP contribution in [0.1, 0.15) is 124 Å². The van der Waals surface area contributed by atoms with E-state index >= 15 is 0 Å². The number of nitrogens with zero attached hydrogens (tertiary/aromatic N) is 1. The number of carbonyl (C=O) groups is 4. The minimum Gasteiger partial charge on any atom is -0.462 e. The second kappa shape index (κ2) is 20.7. The van der Waals surface area contributed by atoms with Gasteiger partial charge in [0.1, 0.15) is 12.7 Å². The molecule has 1 heterocycles. The van der Waals surface area contributed by atoms with Crippen molar-refractivity contribution < 1.29 is 56.8 Å². The fourth-order valence-electron chi connectivity index (χ4n) is 4.94. The van der Waals surface area contributed by atoms with Crippen LogP contribution in [0.25, 0.3) is 0 Å². The normalized spacial score (nSPS) is 22.1. The van der Waals surface area contributed by atoms with Gasteiger partial charge in [-0.2, -0.15) is 4.31 Å². The number of unbranched alkanes of at least 4 members (excludes halogenated alkanes) is 10. The van der Waals surface area contributed by atoms with Crippen LogP contribution in [-0.4, -0.2) is 86.1 Å². The van der Waals surface area contributed by atoms with E-state index in [9.17, 15) is 27.6 Å². The summed E-state index contributed by atoms with van der Waals surface area (Å²) in [5.74, 6) is -4.41. The molecule has 0 aromatic carbocycles. The van der Waals surface area contributed by atoms with Crippen molar-refractivity contribution in [3.63, 3.8) is 0 Å². The standard InChI is InChI=1S/C30H53NO11S/c1-7-9-11-13-15-17-19-31(20-18-16-14-12-10-8-2)43(36,37)30-29(41-25(6)35)28(40-24(5)34)27(42-30)26(39-23(4)33)21-38-22(3)32/h26-30H,7-21H2,1-6H3/t26-,27-,28+,29-,30?/m1/s1/i3D,4D,5D,6D. The highest BCUT2D eigenvalue weighted by Crippen LogP contribution is 2.35. The molecule has 0 N–H and O–H groups in total. The van der Waals surface area contributed by atoms with Crippen LogP contribution in [0.15, 0.2) is 0 Å². The molecule has 1 aliphatic rings. The van der Waals surface area contributed by atoms with Crippen molar-refractivity contribution in [2.75, 3.05) is 19.7 Å². The van der Waals surface area contributed by atoms with Crippen LogP contribution in [0.5, 0.6) is 0 Å². The largest absolute Gasteiger partial charge is 0.462 e. The predicted octanol–water partition coefficient (Wildman–Crippen LogP) is 4.42. The van der Waals surface area contributed by atoms with Gasteiger partial charge in [-0.15, -0.1) is 0 Å². The van der Waals surface area contributed by atoms with Crippen LogP contribution >= 0.6 is 0 Å². The minimum absolute atomic E-state index is 0.141. The highest BCUT2D eigenvalue weighted by atomic mass is 32.2. The molecule has 13 heteroatoms. The fraction of sp³-hybridized carbons (Fsp3) is 0.867. The molecule has 1 unspecified atom stereocenters. The maximum absolute atomic E-state index is 14.3. The van der Waals surface area contributed by atoms with Gasteiger partial charge in [-0.3, -0.25) is 19.2 Å². The number of hydrogen-bond donors (Lipinski definition) is 0. The van der Waals surface area contributed by atoms with E-state index in [1.54, 1.807) is 0 Å². The van der Waals surface area contributed by atoms with Gasteiger partial charge < -0.3 is 23.7 Å². The first-order valence-electron chi connectivity index (χ1n) is 17.9. The van der Waals surface area contributed by atoms with Gasteiger partial charge in [-0.25, -0.2) is 8.42 Å². The molecule has 0 aliphatic carbocycles. The minimum atomic E-state index is -4.49. The van der Waals surface area contributed by atoms with Crippen LogP contribution in [0, 0.1) is 0 Å². The number of hydrogen-bond acceptors (Lipinski definition) is 11. The number of ether oxygens (including phenoxy) is 5. The molecule has 1 aliphatic heterocycles. The third-order valence-corrected chi connectivity index (χ3v) is 9.03. The second-order valence-electron chi connectivity index (χ2n) is 10.6. The molecule has 0 spiro atoms. The van der Waals surface area contributed by atoms with Crippen molar-refractivity contribution in [3.05, 3.63) is 0 Å². The Morgan fingerprint density at radius 1 is 0.721 bits per heavy atom. The van der Waals surface area contributed by atoms with E-state index in [1.165, 1.54) is 4.31 Å². The summed E-state index contributed by atoms with van der Waals surface area (Å²) < 4.78 is 86.2. The highest BCUT2D eigenvalue weighted by Gasteiger charge is 2.58. The molecule has 12 nitrogen and oxygen atoms in total. The molecule has 0 bridgehead atoms. The lowest BCUT2D eigenvalue weighted by atomic mass is 10.1. The maximum atomic E-state index is 14.3. The molecule has 1 saturated heterocycles. The van der Waals surface area contributed by atoms with E-state index < -0.39 is 98.0 Å². The number of sulfonamides is 1. The van der Waals surface area contributed by atoms with E-state index in [0.29, 0.717) is 12.8 Å². The van der Waals surface area contributed by atoms with Crippen LogP contribution in [0.4, 0.5) is 0 Å². The first kappa shape index (κ1) is 32.2. The van der Waals surface area contributed by atoms with E-state index in [4.69, 9.17) is 29.2 Å². The van der Waals surface area contributed by atoms with Gasteiger partial charge in [0.25, 0.3) is 0 Å². The zero-order valence-electron chi connectivity index (χ0n) is 29.7. The summed E-state index contributed by atoms with van der Waals surface area (Å²) in [6.07, 6.45) is 3.90. The van der Waals surface area contributed by atoms with Crippen LogP contribution in [-0.2, 0) is 52.9 Å². The van der Waals surface area contributed by atoms with Gasteiger partial charge in [-0.1, -0.05) is 78.1 Å². The van der Waals surface area contributed by atoms with Crippen molar-refractivity contribution in [2.24, 2.45) is 0 Å². The van der Waals surface area contributed by atoms with Gasteiger partial charge in [0.05, 0.1) is 0 Å². The maximum Gasteiger partial charge on any atom is 0.303 e. The lowest BCUT2D eigenvalue weighted by Gasteiger charge is -2.28. The van der Waals surface area contributed by atoms with E-state index in [0.717, 1.165) is 64.2 Å². The third kappa shape index (κ3) is 14.4. The Morgan fingerprint density at radius 2 is 1.21 bits per heavy atom. The molecule has 43 heavy (non-hydrogen) atoms. The van der Waals surface area contributed by atoms with E-state index in [-0.39, 0.29) is 13.1 Å². The number of rotatable bonds is 22. The quantitative estimate of drug-likeness (QED) is 0.0940. The third-order valence-electron chi connectivity index (χ3n) is 6.98. The van der Waals surface area contributed by atoms with Crippen molar-refractivity contribution in [1.82, 2.24) is 4.31 Å². The van der Waals surface area contributed by atoms with Crippen molar-refractivity contribution >= 4 is 33.9 Å². The Kier molecular flexibility index (Phi) is 15.4. The molecule has 0 aromatic heterocycles. The molecule has 1 fully saturated rings. The number of carbonyl (C=O) groups excluding carboxylic acids is 4. The highest BCUT2D eigenvalue weighted by molar-refractivity contribution is 7.89. The topological polar surface area (TPSA) is 152 Å². The molecule has 0 aromatic rings. The molecule has 5 atom stereocenters. The Morgan fingerprint density at radius 3 is 1.72 bits per heavy atom. The predicted molar refractivity (Wildman–Crippen MR) is 159 cm³/mol. The SMILES string of the molecule is [2H]CC(=O)OC[C@@H](OC(=O)C[2H])[C@H]1OC(S(=O)(=O)N(CCCCCCCC)CCCCCCCC)[C@H](OC(=O)C[2H])[C@H]1OC(=O)C[2H]. The van der Waals surface area contributed by atoms with Crippen molar-refractivity contribution in [3.8, 4) is 0 Å². The van der Waals surface area contributed by atoms with Gasteiger partial charge in [-0.05, 0) is 12.8 Å². The fourth-order valence-corrected chi connectivity index (χ4v) is 6.82. The van der Waals surface area contributed by atoms with Crippen molar-refractivity contribution in [2.45, 2.75) is 148 Å². The summed E-state index contributed by atoms with van der Waals surface area (Å²) in [5, 5.41) is 0. The lowest BCUT2D eigenvalue weighted by Crippen LogP contribution is -2.48. The van der Waals surface area contributed by atoms with Gasteiger partial charge >= 0.3 is 23.9 Å². The molecular formula is C30H53NO11S. The second-order valence-corrected chi connectivity index (χ2v) is 12.6. The molecule has 0 radical (unpaired) electrons. The zero-order chi connectivity index (χ0) is 35.2. The summed E-state index contributed by atoms with van der Waals surface area (Å²) >= 11 is 0. The van der Waals surface area contributed by atoms with E-state index in [1.807, 2.05) is 0 Å². The average Bonchev–Trinajstić information content (AvgIpc) is 3.41. The van der Waals surface area contributed by atoms with Crippen LogP contribution in [0.2, 0.25) is 0 Å². The van der Waals surface area contributed by atoms with E-state index in [2.05, 4.69) is 13.8 Å². The summed E-state index contributed by atoms with van der Waals surface area (Å²) in [7, 11) is -4.49. The first-order valence-corrected chi connectivity index (χ1v) is 16.6. The van der Waals surface area contributed by atoms with Gasteiger partial charge in [0, 0.05) is 46.2 Å². The van der Waals surface area contributed by atoms with Crippen molar-refractivity contribution in [1.29, 1.82) is 0 Å². The summed E-state index contributed by atoms with van der Waals surface area (Å²) in [4.78, 5) is 48.7. The summed E-state index contributed by atoms with van der Waals surface area (Å²) in [6.45, 7) is 0.279. The Hall–Kier alpha value is -2.25. The Labute approximate surface area is 263 Å².